The summed E-state index contributed by atoms with van der Waals surface area (Å²) in [6, 6.07) is 0. The van der Waals surface area contributed by atoms with Crippen molar-refractivity contribution in [2.24, 2.45) is 11.3 Å². The van der Waals surface area contributed by atoms with Crippen LogP contribution in [0.1, 0.15) is 40.5 Å². The molecule has 0 radical (unpaired) electrons. The van der Waals surface area contributed by atoms with E-state index in [-0.39, 0.29) is 5.92 Å². The van der Waals surface area contributed by atoms with E-state index in [9.17, 15) is 22.0 Å². The SMILES string of the molecule is CCC[C@@H](C)C(C)(C)C[SH](C)(C)(C(F)F)C(F)(F)F. The molecule has 6 heteroatoms. The molecule has 0 N–H and O–H groups in total. The lowest BCUT2D eigenvalue weighted by Gasteiger charge is -2.59. The Labute approximate surface area is 113 Å². The maximum atomic E-state index is 13.3. The maximum absolute atomic E-state index is 13.3. The summed E-state index contributed by atoms with van der Waals surface area (Å²) in [6.07, 6.45) is 3.14. The highest BCUT2D eigenvalue weighted by atomic mass is 32.3. The summed E-state index contributed by atoms with van der Waals surface area (Å²) in [5.74, 6) is -3.79. The van der Waals surface area contributed by atoms with E-state index in [4.69, 9.17) is 0 Å². The lowest BCUT2D eigenvalue weighted by Crippen LogP contribution is -2.46. The van der Waals surface area contributed by atoms with Crippen LogP contribution < -0.4 is 0 Å². The van der Waals surface area contributed by atoms with Crippen LogP contribution in [0.2, 0.25) is 0 Å². The zero-order valence-corrected chi connectivity index (χ0v) is 13.5. The lowest BCUT2D eigenvalue weighted by molar-refractivity contribution is -0.0465. The van der Waals surface area contributed by atoms with Crippen molar-refractivity contribution in [2.45, 2.75) is 51.8 Å². The van der Waals surface area contributed by atoms with Crippen LogP contribution in [-0.4, -0.2) is 29.5 Å². The van der Waals surface area contributed by atoms with Crippen molar-refractivity contribution in [1.29, 1.82) is 0 Å². The molecule has 1 atom stereocenters. The fourth-order valence-corrected chi connectivity index (χ4v) is 5.86. The number of hydrogen-bond donors (Lipinski definition) is 1. The van der Waals surface area contributed by atoms with E-state index in [1.807, 2.05) is 13.8 Å². The van der Waals surface area contributed by atoms with E-state index in [0.29, 0.717) is 0 Å². The summed E-state index contributed by atoms with van der Waals surface area (Å²) in [5, 5.41) is 0. The number of hydrogen-bond acceptors (Lipinski definition) is 0. The molecule has 0 saturated carbocycles. The Hall–Kier alpha value is -0.0000000000000000555. The third-order valence-electron chi connectivity index (χ3n) is 4.41. The van der Waals surface area contributed by atoms with Crippen molar-refractivity contribution in [1.82, 2.24) is 0 Å². The van der Waals surface area contributed by atoms with Crippen LogP contribution in [0.3, 0.4) is 0 Å². The van der Waals surface area contributed by atoms with Gasteiger partial charge < -0.3 is 0 Å². The Balaban J connectivity index is 5.50. The van der Waals surface area contributed by atoms with Crippen molar-refractivity contribution >= 4 is 9.16 Å². The van der Waals surface area contributed by atoms with Crippen LogP contribution in [0, 0.1) is 11.3 Å². The van der Waals surface area contributed by atoms with E-state index in [2.05, 4.69) is 0 Å². The molecule has 19 heavy (non-hydrogen) atoms. The second-order valence-corrected chi connectivity index (χ2v) is 13.3. The molecule has 0 aliphatic rings. The summed E-state index contributed by atoms with van der Waals surface area (Å²) < 4.78 is 66.5. The molecule has 0 rings (SSSR count). The van der Waals surface area contributed by atoms with E-state index in [0.717, 1.165) is 25.4 Å². The van der Waals surface area contributed by atoms with Gasteiger partial charge in [-0.15, -0.1) is 0 Å². The third kappa shape index (κ3) is 3.56. The number of alkyl halides is 5. The maximum Gasteiger partial charge on any atom is 0.416 e. The van der Waals surface area contributed by atoms with Crippen molar-refractivity contribution < 1.29 is 22.0 Å². The summed E-state index contributed by atoms with van der Waals surface area (Å²) in [5.41, 5.74) is -5.56. The highest BCUT2D eigenvalue weighted by Gasteiger charge is 2.63. The molecule has 0 spiro atoms. The van der Waals surface area contributed by atoms with E-state index in [1.54, 1.807) is 13.8 Å². The highest BCUT2D eigenvalue weighted by Crippen LogP contribution is 2.80. The molecule has 0 aliphatic heterocycles. The van der Waals surface area contributed by atoms with Gasteiger partial charge in [0, 0.05) is 0 Å². The zero-order chi connectivity index (χ0) is 15.7. The van der Waals surface area contributed by atoms with Gasteiger partial charge in [-0.05, 0) is 29.6 Å². The van der Waals surface area contributed by atoms with Gasteiger partial charge in [-0.3, -0.25) is 0 Å². The van der Waals surface area contributed by atoms with Gasteiger partial charge >= 0.3 is 5.51 Å². The van der Waals surface area contributed by atoms with Gasteiger partial charge in [0.1, 0.15) is 0 Å². The van der Waals surface area contributed by atoms with Crippen LogP contribution in [0.5, 0.6) is 0 Å². The molecule has 0 aromatic carbocycles. The molecule has 0 aliphatic carbocycles. The van der Waals surface area contributed by atoms with Crippen molar-refractivity contribution in [3.8, 4) is 0 Å². The second kappa shape index (κ2) is 5.41. The van der Waals surface area contributed by atoms with Crippen LogP contribution in [0.15, 0.2) is 0 Å². The minimum Gasteiger partial charge on any atom is -0.201 e. The predicted molar refractivity (Wildman–Crippen MR) is 75.6 cm³/mol. The number of halogens is 5. The number of rotatable bonds is 6. The monoisotopic (exact) mass is 310 g/mol. The molecule has 0 fully saturated rings. The third-order valence-corrected chi connectivity index (χ3v) is 9.11. The van der Waals surface area contributed by atoms with Gasteiger partial charge in [0.2, 0.25) is 0 Å². The average molecular weight is 310 g/mol. The van der Waals surface area contributed by atoms with Crippen molar-refractivity contribution in [3.05, 3.63) is 0 Å². The molecule has 0 unspecified atom stereocenters. The fourth-order valence-electron chi connectivity index (χ4n) is 2.50. The fraction of sp³-hybridized carbons (Fsp3) is 1.00. The van der Waals surface area contributed by atoms with Crippen LogP contribution in [-0.2, 0) is 0 Å². The van der Waals surface area contributed by atoms with Gasteiger partial charge in [0.15, 0.2) is 0 Å². The molecule has 0 aromatic rings. The molecular formula is C13H27F5S. The Kier molecular flexibility index (Phi) is 5.41. The Morgan fingerprint density at radius 1 is 1.05 bits per heavy atom. The number of thiol groups is 1. The van der Waals surface area contributed by atoms with Gasteiger partial charge in [-0.25, -0.2) is 8.78 Å². The standard InChI is InChI=1S/C13H27F5S/c1-7-8-10(2)12(3,4)9-19(5,6,11(14)15)13(16,17)18/h10-11,19H,7-9H2,1-6H3/t10-/m1/s1. The Morgan fingerprint density at radius 2 is 1.47 bits per heavy atom. The molecule has 0 saturated heterocycles. The first-order valence-electron chi connectivity index (χ1n) is 6.53. The normalized spacial score (nSPS) is 18.2. The smallest absolute Gasteiger partial charge is 0.201 e. The molecule has 0 aromatic heterocycles. The molecule has 0 bridgehead atoms. The van der Waals surface area contributed by atoms with Gasteiger partial charge in [0.25, 0.3) is 5.76 Å². The Bertz CT molecular complexity index is 307. The summed E-state index contributed by atoms with van der Waals surface area (Å²) in [4.78, 5) is 0. The predicted octanol–water partition coefficient (Wildman–Crippen LogP) is 5.52. The van der Waals surface area contributed by atoms with Crippen molar-refractivity contribution in [3.63, 3.8) is 0 Å². The minimum absolute atomic E-state index is 0.0139. The van der Waals surface area contributed by atoms with Crippen LogP contribution in [0.4, 0.5) is 22.0 Å². The Morgan fingerprint density at radius 3 is 1.74 bits per heavy atom. The molecule has 0 heterocycles. The average Bonchev–Trinajstić information content (AvgIpc) is 2.14. The summed E-state index contributed by atoms with van der Waals surface area (Å²) in [6.45, 7) is 7.15. The highest BCUT2D eigenvalue weighted by molar-refractivity contribution is 8.49. The lowest BCUT2D eigenvalue weighted by atomic mass is 9.79. The molecule has 120 valence electrons. The first-order chi connectivity index (χ1) is 8.18. The van der Waals surface area contributed by atoms with Gasteiger partial charge in [0.05, 0.1) is 0 Å². The van der Waals surface area contributed by atoms with E-state index < -0.39 is 31.6 Å². The van der Waals surface area contributed by atoms with E-state index in [1.165, 1.54) is 0 Å². The molecular weight excluding hydrogens is 283 g/mol. The first kappa shape index (κ1) is 19.0. The first-order valence-corrected chi connectivity index (χ1v) is 9.92. The van der Waals surface area contributed by atoms with Crippen LogP contribution >= 0.6 is 9.16 Å². The van der Waals surface area contributed by atoms with Gasteiger partial charge in [-0.1, -0.05) is 40.5 Å². The molecule has 0 nitrogen and oxygen atoms in total. The zero-order valence-electron chi connectivity index (χ0n) is 12.6. The van der Waals surface area contributed by atoms with E-state index >= 15 is 0 Å². The van der Waals surface area contributed by atoms with Gasteiger partial charge in [-0.2, -0.15) is 22.3 Å². The second-order valence-electron chi connectivity index (χ2n) is 7.09. The topological polar surface area (TPSA) is 0 Å². The van der Waals surface area contributed by atoms with Crippen LogP contribution in [0.25, 0.3) is 0 Å². The summed E-state index contributed by atoms with van der Waals surface area (Å²) >= 11 is 0. The summed E-state index contributed by atoms with van der Waals surface area (Å²) in [7, 11) is -5.08. The largest absolute Gasteiger partial charge is 0.416 e. The quantitative estimate of drug-likeness (QED) is 0.484. The minimum atomic E-state index is -5.08. The molecule has 0 amide bonds. The van der Waals surface area contributed by atoms with Crippen molar-refractivity contribution in [2.75, 3.05) is 18.3 Å².